The second-order valence-electron chi connectivity index (χ2n) is 8.68. The van der Waals surface area contributed by atoms with E-state index in [1.165, 1.54) is 10.9 Å². The van der Waals surface area contributed by atoms with Gasteiger partial charge in [0.05, 0.1) is 28.8 Å². The van der Waals surface area contributed by atoms with Crippen molar-refractivity contribution in [3.05, 3.63) is 76.9 Å². The summed E-state index contributed by atoms with van der Waals surface area (Å²) in [6.07, 6.45) is 2.91. The summed E-state index contributed by atoms with van der Waals surface area (Å²) in [5.74, 6) is 1.98. The summed E-state index contributed by atoms with van der Waals surface area (Å²) in [5, 5.41) is 5.54. The lowest BCUT2D eigenvalue weighted by Gasteiger charge is -2.18. The molecule has 6 nitrogen and oxygen atoms in total. The summed E-state index contributed by atoms with van der Waals surface area (Å²) in [7, 11) is 1.57. The van der Waals surface area contributed by atoms with Crippen LogP contribution in [0.2, 0.25) is 5.02 Å². The highest BCUT2D eigenvalue weighted by Gasteiger charge is 2.30. The molecule has 2 aliphatic heterocycles. The van der Waals surface area contributed by atoms with Gasteiger partial charge in [-0.1, -0.05) is 17.7 Å². The predicted octanol–water partition coefficient (Wildman–Crippen LogP) is 5.60. The number of halogens is 1. The summed E-state index contributed by atoms with van der Waals surface area (Å²) in [6.45, 7) is 1.03. The van der Waals surface area contributed by atoms with Crippen LogP contribution >= 0.6 is 11.6 Å². The molecule has 0 fully saturated rings. The van der Waals surface area contributed by atoms with Crippen molar-refractivity contribution in [1.82, 2.24) is 0 Å². The number of benzene rings is 4. The van der Waals surface area contributed by atoms with Gasteiger partial charge in [-0.05, 0) is 54.1 Å². The Bertz CT molecular complexity index is 1730. The number of rotatable bonds is 3. The van der Waals surface area contributed by atoms with Crippen LogP contribution in [0, 0.1) is 0 Å². The van der Waals surface area contributed by atoms with Gasteiger partial charge in [-0.25, -0.2) is 4.79 Å². The summed E-state index contributed by atoms with van der Waals surface area (Å²) in [5.41, 5.74) is 2.75. The van der Waals surface area contributed by atoms with Gasteiger partial charge in [0.15, 0.2) is 35.7 Å². The lowest BCUT2D eigenvalue weighted by Crippen LogP contribution is -2.38. The van der Waals surface area contributed by atoms with E-state index in [1.807, 2.05) is 18.3 Å². The fourth-order valence-corrected chi connectivity index (χ4v) is 5.46. The van der Waals surface area contributed by atoms with E-state index in [-0.39, 0.29) is 6.79 Å². The quantitative estimate of drug-likeness (QED) is 0.144. The molecule has 0 unspecified atom stereocenters. The first-order valence-electron chi connectivity index (χ1n) is 11.3. The van der Waals surface area contributed by atoms with Crippen molar-refractivity contribution in [2.75, 3.05) is 13.9 Å². The van der Waals surface area contributed by atoms with Crippen molar-refractivity contribution < 1.29 is 28.3 Å². The maximum atomic E-state index is 13.0. The van der Waals surface area contributed by atoms with Crippen LogP contribution in [0.25, 0.3) is 32.4 Å². The highest BCUT2D eigenvalue weighted by atomic mass is 35.5. The molecule has 0 bridgehead atoms. The Morgan fingerprint density at radius 1 is 1.00 bits per heavy atom. The minimum atomic E-state index is -0.495. The molecule has 0 spiro atoms. The Labute approximate surface area is 205 Å². The van der Waals surface area contributed by atoms with Gasteiger partial charge in [0.1, 0.15) is 0 Å². The average molecular weight is 485 g/mol. The zero-order valence-electron chi connectivity index (χ0n) is 18.8. The predicted molar refractivity (Wildman–Crippen MR) is 132 cm³/mol. The fraction of sp³-hybridized carbons (Fsp3) is 0.143. The standard InChI is InChI=1S/C28H19ClNO5/c1-32-22-8-7-18-19-5-6-20-24-15(12-23-26(20)34-14-33-23)9-10-30(25(19)24)13-21(18)27(22)35-28(31)16-3-2-4-17(29)11-16/h2-8,11-13H,9-10,14H2,1H3/q+1. The molecule has 0 amide bonds. The number of hydrogen-bond donors (Lipinski definition) is 0. The first kappa shape index (κ1) is 20.4. The van der Waals surface area contributed by atoms with E-state index < -0.39 is 5.97 Å². The van der Waals surface area contributed by atoms with Crippen molar-refractivity contribution in [1.29, 1.82) is 0 Å². The van der Waals surface area contributed by atoms with Gasteiger partial charge in [0, 0.05) is 22.2 Å². The molecule has 0 saturated carbocycles. The Hall–Kier alpha value is -4.03. The second kappa shape index (κ2) is 7.48. The number of carbonyl (C=O) groups is 1. The van der Waals surface area contributed by atoms with Crippen molar-refractivity contribution in [3.8, 4) is 23.0 Å². The first-order chi connectivity index (χ1) is 17.1. The highest BCUT2D eigenvalue weighted by Crippen LogP contribution is 2.46. The SMILES string of the molecule is COc1ccc2c(c[n+]3c4c2ccc2c5c(cc(c24)CC3)OCO5)c1OC(=O)c1cccc(Cl)c1. The third kappa shape index (κ3) is 2.96. The van der Waals surface area contributed by atoms with Gasteiger partial charge in [-0.15, -0.1) is 0 Å². The van der Waals surface area contributed by atoms with Crippen LogP contribution < -0.4 is 23.5 Å². The van der Waals surface area contributed by atoms with E-state index in [2.05, 4.69) is 22.8 Å². The number of fused-ring (bicyclic) bond motifs is 4. The molecular formula is C28H19ClNO5+. The van der Waals surface area contributed by atoms with Crippen molar-refractivity contribution in [3.63, 3.8) is 0 Å². The van der Waals surface area contributed by atoms with Gasteiger partial charge >= 0.3 is 5.97 Å². The van der Waals surface area contributed by atoms with Crippen molar-refractivity contribution in [2.24, 2.45) is 0 Å². The van der Waals surface area contributed by atoms with E-state index in [9.17, 15) is 4.79 Å². The van der Waals surface area contributed by atoms with Crippen LogP contribution in [-0.2, 0) is 13.0 Å². The molecule has 0 N–H and O–H groups in total. The minimum Gasteiger partial charge on any atom is -0.493 e. The molecule has 2 aliphatic rings. The smallest absolute Gasteiger partial charge is 0.343 e. The van der Waals surface area contributed by atoms with Crippen LogP contribution in [0.3, 0.4) is 0 Å². The fourth-order valence-electron chi connectivity index (χ4n) is 5.27. The van der Waals surface area contributed by atoms with Gasteiger partial charge in [-0.2, -0.15) is 4.57 Å². The number of hydrogen-bond acceptors (Lipinski definition) is 5. The van der Waals surface area contributed by atoms with Crippen molar-refractivity contribution >= 4 is 50.0 Å². The van der Waals surface area contributed by atoms with Gasteiger partial charge in [0.2, 0.25) is 12.3 Å². The maximum Gasteiger partial charge on any atom is 0.343 e. The van der Waals surface area contributed by atoms with E-state index in [1.54, 1.807) is 31.4 Å². The lowest BCUT2D eigenvalue weighted by atomic mass is 9.93. The van der Waals surface area contributed by atoms with Crippen LogP contribution in [-0.4, -0.2) is 19.9 Å². The van der Waals surface area contributed by atoms with Crippen LogP contribution in [0.5, 0.6) is 23.0 Å². The monoisotopic (exact) mass is 484 g/mol. The number of esters is 1. The molecule has 172 valence electrons. The Kier molecular flexibility index (Phi) is 4.35. The molecule has 0 radical (unpaired) electrons. The van der Waals surface area contributed by atoms with Gasteiger partial charge in [0.25, 0.3) is 0 Å². The molecule has 5 aromatic rings. The topological polar surface area (TPSA) is 57.9 Å². The van der Waals surface area contributed by atoms with E-state index in [0.29, 0.717) is 22.1 Å². The molecule has 7 rings (SSSR count). The maximum absolute atomic E-state index is 13.0. The Morgan fingerprint density at radius 3 is 2.71 bits per heavy atom. The molecule has 0 atom stereocenters. The Morgan fingerprint density at radius 2 is 1.86 bits per heavy atom. The Balaban J connectivity index is 1.49. The lowest BCUT2D eigenvalue weighted by molar-refractivity contribution is -0.670. The second-order valence-corrected chi connectivity index (χ2v) is 9.12. The molecule has 1 aromatic heterocycles. The molecule has 35 heavy (non-hydrogen) atoms. The minimum absolute atomic E-state index is 0.241. The van der Waals surface area contributed by atoms with E-state index in [4.69, 9.17) is 30.5 Å². The van der Waals surface area contributed by atoms with Gasteiger partial charge < -0.3 is 18.9 Å². The normalized spacial score (nSPS) is 13.7. The molecule has 7 heteroatoms. The summed E-state index contributed by atoms with van der Waals surface area (Å²) in [4.78, 5) is 13.0. The highest BCUT2D eigenvalue weighted by molar-refractivity contribution is 6.31. The average Bonchev–Trinajstić information content (AvgIpc) is 3.35. The van der Waals surface area contributed by atoms with E-state index in [0.717, 1.165) is 51.5 Å². The van der Waals surface area contributed by atoms with E-state index >= 15 is 0 Å². The van der Waals surface area contributed by atoms with Gasteiger partial charge in [-0.3, -0.25) is 0 Å². The molecule has 3 heterocycles. The number of carbonyl (C=O) groups excluding carboxylic acids is 1. The van der Waals surface area contributed by atoms with Crippen LogP contribution in [0.1, 0.15) is 15.9 Å². The summed E-state index contributed by atoms with van der Waals surface area (Å²) < 4.78 is 25.2. The van der Waals surface area contributed by atoms with Crippen LogP contribution in [0.15, 0.2) is 60.8 Å². The number of ether oxygens (including phenoxy) is 4. The number of pyridine rings is 1. The largest absolute Gasteiger partial charge is 0.493 e. The third-order valence-electron chi connectivity index (χ3n) is 6.81. The molecule has 0 saturated heterocycles. The number of aromatic nitrogens is 1. The summed E-state index contributed by atoms with van der Waals surface area (Å²) in [6, 6.07) is 16.8. The summed E-state index contributed by atoms with van der Waals surface area (Å²) >= 11 is 6.09. The molecule has 0 aliphatic carbocycles. The zero-order chi connectivity index (χ0) is 23.7. The van der Waals surface area contributed by atoms with Crippen LogP contribution in [0.4, 0.5) is 0 Å². The number of methoxy groups -OCH3 is 1. The zero-order valence-corrected chi connectivity index (χ0v) is 19.5. The van der Waals surface area contributed by atoms with Crippen molar-refractivity contribution in [2.45, 2.75) is 13.0 Å². The third-order valence-corrected chi connectivity index (χ3v) is 7.04. The first-order valence-corrected chi connectivity index (χ1v) is 11.7. The number of aryl methyl sites for hydroxylation is 2. The number of nitrogens with zero attached hydrogens (tertiary/aromatic N) is 1. The molecular weight excluding hydrogens is 466 g/mol. The molecule has 4 aromatic carbocycles.